The first-order chi connectivity index (χ1) is 16.0. The zero-order valence-electron chi connectivity index (χ0n) is 19.3. The maximum Gasteiger partial charge on any atom is 0.221 e. The van der Waals surface area contributed by atoms with Crippen molar-refractivity contribution in [2.45, 2.75) is 51.5 Å². The highest BCUT2D eigenvalue weighted by Gasteiger charge is 2.23. The number of hydrogen-bond acceptors (Lipinski definition) is 1. The summed E-state index contributed by atoms with van der Waals surface area (Å²) in [6, 6.07) is 23.2. The average Bonchev–Trinajstić information content (AvgIpc) is 3.26. The number of rotatable bonds is 9. The van der Waals surface area contributed by atoms with Crippen LogP contribution in [-0.4, -0.2) is 16.9 Å². The van der Waals surface area contributed by atoms with E-state index in [9.17, 15) is 9.18 Å². The van der Waals surface area contributed by atoms with Gasteiger partial charge in [0.05, 0.1) is 0 Å². The molecule has 4 heteroatoms. The van der Waals surface area contributed by atoms with E-state index >= 15 is 0 Å². The van der Waals surface area contributed by atoms with Gasteiger partial charge in [-0.15, -0.1) is 0 Å². The second kappa shape index (κ2) is 10.5. The number of hydrogen-bond donors (Lipinski definition) is 2. The van der Waals surface area contributed by atoms with Crippen LogP contribution >= 0.6 is 0 Å². The smallest absolute Gasteiger partial charge is 0.221 e. The molecule has 0 aliphatic carbocycles. The SMILES string of the molecule is CCc1cccc2c([C@H](CC(=O)N[C@@H](C)CCc3ccccc3)c3ccc(F)cc3)c[nH]c12. The fraction of sp³-hybridized carbons (Fsp3) is 0.276. The Labute approximate surface area is 195 Å². The van der Waals surface area contributed by atoms with Crippen LogP contribution < -0.4 is 5.32 Å². The zero-order chi connectivity index (χ0) is 23.2. The lowest BCUT2D eigenvalue weighted by Crippen LogP contribution is -2.33. The van der Waals surface area contributed by atoms with Crippen molar-refractivity contribution in [3.8, 4) is 0 Å². The van der Waals surface area contributed by atoms with Crippen molar-refractivity contribution in [2.75, 3.05) is 0 Å². The highest BCUT2D eigenvalue weighted by Crippen LogP contribution is 2.34. The molecule has 33 heavy (non-hydrogen) atoms. The Bertz CT molecular complexity index is 1200. The summed E-state index contributed by atoms with van der Waals surface area (Å²) in [5, 5.41) is 4.29. The van der Waals surface area contributed by atoms with Gasteiger partial charge in [0, 0.05) is 35.5 Å². The molecule has 2 N–H and O–H groups in total. The van der Waals surface area contributed by atoms with Crippen molar-refractivity contribution in [3.63, 3.8) is 0 Å². The van der Waals surface area contributed by atoms with Crippen LogP contribution in [0, 0.1) is 5.82 Å². The van der Waals surface area contributed by atoms with E-state index < -0.39 is 0 Å². The van der Waals surface area contributed by atoms with E-state index in [0.717, 1.165) is 41.3 Å². The molecule has 0 radical (unpaired) electrons. The third-order valence-electron chi connectivity index (χ3n) is 6.37. The Hall–Kier alpha value is -3.40. The molecule has 4 rings (SSSR count). The van der Waals surface area contributed by atoms with Crippen LogP contribution in [0.4, 0.5) is 4.39 Å². The van der Waals surface area contributed by atoms with Crippen LogP contribution in [0.2, 0.25) is 0 Å². The molecular formula is C29H31FN2O. The number of aromatic nitrogens is 1. The van der Waals surface area contributed by atoms with Crippen LogP contribution in [-0.2, 0) is 17.6 Å². The molecule has 0 aliphatic rings. The van der Waals surface area contributed by atoms with Crippen molar-refractivity contribution < 1.29 is 9.18 Å². The van der Waals surface area contributed by atoms with Crippen LogP contribution in [0.1, 0.15) is 54.9 Å². The van der Waals surface area contributed by atoms with Gasteiger partial charge in [-0.2, -0.15) is 0 Å². The molecule has 0 aliphatic heterocycles. The summed E-state index contributed by atoms with van der Waals surface area (Å²) in [5.41, 5.74) is 5.63. The van der Waals surface area contributed by atoms with Crippen LogP contribution in [0.15, 0.2) is 79.0 Å². The van der Waals surface area contributed by atoms with Crippen LogP contribution in [0.5, 0.6) is 0 Å². The number of carbonyl (C=O) groups is 1. The van der Waals surface area contributed by atoms with Crippen molar-refractivity contribution in [1.29, 1.82) is 0 Å². The second-order valence-electron chi connectivity index (χ2n) is 8.74. The molecule has 0 saturated heterocycles. The van der Waals surface area contributed by atoms with Crippen LogP contribution in [0.3, 0.4) is 0 Å². The molecule has 3 nitrogen and oxygen atoms in total. The van der Waals surface area contributed by atoms with Gasteiger partial charge in [-0.25, -0.2) is 4.39 Å². The maximum atomic E-state index is 13.6. The van der Waals surface area contributed by atoms with Gasteiger partial charge in [0.15, 0.2) is 0 Å². The highest BCUT2D eigenvalue weighted by atomic mass is 19.1. The molecule has 0 unspecified atom stereocenters. The Balaban J connectivity index is 1.53. The molecule has 1 aromatic heterocycles. The van der Waals surface area contributed by atoms with E-state index in [4.69, 9.17) is 0 Å². The summed E-state index contributed by atoms with van der Waals surface area (Å²) in [4.78, 5) is 16.5. The first-order valence-corrected chi connectivity index (χ1v) is 11.7. The molecule has 4 aromatic rings. The predicted octanol–water partition coefficient (Wildman–Crippen LogP) is 6.53. The number of carbonyl (C=O) groups excluding carboxylic acids is 1. The Kier molecular flexibility index (Phi) is 7.23. The first kappa shape index (κ1) is 22.8. The van der Waals surface area contributed by atoms with Gasteiger partial charge in [0.1, 0.15) is 5.82 Å². The van der Waals surface area contributed by atoms with E-state index in [2.05, 4.69) is 47.6 Å². The molecule has 3 aromatic carbocycles. The normalized spacial score (nSPS) is 13.1. The summed E-state index contributed by atoms with van der Waals surface area (Å²) in [6.07, 6.45) is 5.04. The number of H-pyrrole nitrogens is 1. The summed E-state index contributed by atoms with van der Waals surface area (Å²) in [7, 11) is 0. The van der Waals surface area contributed by atoms with Gasteiger partial charge < -0.3 is 10.3 Å². The van der Waals surface area contributed by atoms with Crippen molar-refractivity contribution in [1.82, 2.24) is 10.3 Å². The lowest BCUT2D eigenvalue weighted by molar-refractivity contribution is -0.121. The fourth-order valence-electron chi connectivity index (χ4n) is 4.54. The highest BCUT2D eigenvalue weighted by molar-refractivity contribution is 5.88. The summed E-state index contributed by atoms with van der Waals surface area (Å²) < 4.78 is 13.6. The van der Waals surface area contributed by atoms with E-state index in [0.29, 0.717) is 6.42 Å². The van der Waals surface area contributed by atoms with E-state index in [1.54, 1.807) is 12.1 Å². The van der Waals surface area contributed by atoms with E-state index in [1.807, 2.05) is 31.3 Å². The topological polar surface area (TPSA) is 44.9 Å². The van der Waals surface area contributed by atoms with E-state index in [-0.39, 0.29) is 23.7 Å². The quantitative estimate of drug-likeness (QED) is 0.304. The minimum absolute atomic E-state index is 0.00545. The maximum absolute atomic E-state index is 13.6. The summed E-state index contributed by atoms with van der Waals surface area (Å²) in [6.45, 7) is 4.18. The summed E-state index contributed by atoms with van der Waals surface area (Å²) in [5.74, 6) is -0.428. The Morgan fingerprint density at radius 1 is 1.00 bits per heavy atom. The van der Waals surface area contributed by atoms with Crippen molar-refractivity contribution in [2.24, 2.45) is 0 Å². The third kappa shape index (κ3) is 5.51. The standard InChI is InChI=1S/C29H31FN2O/c1-3-22-10-7-11-25-27(19-31-29(22)25)26(23-14-16-24(30)17-15-23)18-28(33)32-20(2)12-13-21-8-5-4-6-9-21/h4-11,14-17,19-20,26,31H,3,12-13,18H2,1-2H3,(H,32,33)/t20-,26+/m0/s1. The lowest BCUT2D eigenvalue weighted by Gasteiger charge is -2.20. The monoisotopic (exact) mass is 442 g/mol. The molecule has 2 atom stereocenters. The summed E-state index contributed by atoms with van der Waals surface area (Å²) >= 11 is 0. The molecule has 0 fully saturated rings. The van der Waals surface area contributed by atoms with Gasteiger partial charge in [-0.05, 0) is 60.6 Å². The number of aryl methyl sites for hydroxylation is 2. The molecule has 170 valence electrons. The average molecular weight is 443 g/mol. The zero-order valence-corrected chi connectivity index (χ0v) is 19.3. The number of nitrogens with one attached hydrogen (secondary N) is 2. The minimum Gasteiger partial charge on any atom is -0.361 e. The van der Waals surface area contributed by atoms with Crippen LogP contribution in [0.25, 0.3) is 10.9 Å². The largest absolute Gasteiger partial charge is 0.361 e. The Morgan fingerprint density at radius 3 is 2.48 bits per heavy atom. The first-order valence-electron chi connectivity index (χ1n) is 11.7. The number of para-hydroxylation sites is 1. The lowest BCUT2D eigenvalue weighted by atomic mass is 9.87. The van der Waals surface area contributed by atoms with Gasteiger partial charge in [0.25, 0.3) is 0 Å². The van der Waals surface area contributed by atoms with Gasteiger partial charge in [0.2, 0.25) is 5.91 Å². The molecule has 1 amide bonds. The van der Waals surface area contributed by atoms with Crippen molar-refractivity contribution in [3.05, 3.63) is 107 Å². The Morgan fingerprint density at radius 2 is 1.76 bits per heavy atom. The second-order valence-corrected chi connectivity index (χ2v) is 8.74. The van der Waals surface area contributed by atoms with Gasteiger partial charge in [-0.3, -0.25) is 4.79 Å². The predicted molar refractivity (Wildman–Crippen MR) is 133 cm³/mol. The number of amides is 1. The van der Waals surface area contributed by atoms with Gasteiger partial charge in [-0.1, -0.05) is 67.6 Å². The van der Waals surface area contributed by atoms with Gasteiger partial charge >= 0.3 is 0 Å². The fourth-order valence-corrected chi connectivity index (χ4v) is 4.54. The van der Waals surface area contributed by atoms with E-state index in [1.165, 1.54) is 23.3 Å². The number of halogens is 1. The third-order valence-corrected chi connectivity index (χ3v) is 6.37. The number of benzene rings is 3. The molecule has 0 saturated carbocycles. The molecule has 0 spiro atoms. The minimum atomic E-state index is -0.274. The number of aromatic amines is 1. The molecule has 0 bridgehead atoms. The van der Waals surface area contributed by atoms with Crippen molar-refractivity contribution >= 4 is 16.8 Å². The molecule has 1 heterocycles. The molecular weight excluding hydrogens is 411 g/mol. The number of fused-ring (bicyclic) bond motifs is 1.